The van der Waals surface area contributed by atoms with E-state index in [2.05, 4.69) is 23.2 Å². The van der Waals surface area contributed by atoms with Crippen LogP contribution in [0.25, 0.3) is 0 Å². The Labute approximate surface area is 142 Å². The lowest BCUT2D eigenvalue weighted by atomic mass is 10.1. The van der Waals surface area contributed by atoms with Crippen molar-refractivity contribution in [1.29, 1.82) is 0 Å². The second-order valence-corrected chi connectivity index (χ2v) is 6.85. The smallest absolute Gasteiger partial charge is 0.251 e. The molecule has 0 saturated carbocycles. The van der Waals surface area contributed by atoms with Gasteiger partial charge >= 0.3 is 0 Å². The van der Waals surface area contributed by atoms with Crippen LogP contribution in [-0.2, 0) is 0 Å². The molecule has 1 aliphatic rings. The summed E-state index contributed by atoms with van der Waals surface area (Å²) >= 11 is 1.87. The maximum Gasteiger partial charge on any atom is 0.251 e. The first-order valence-corrected chi connectivity index (χ1v) is 9.05. The molecule has 2 aromatic carbocycles. The summed E-state index contributed by atoms with van der Waals surface area (Å²) in [6.07, 6.45) is 0. The van der Waals surface area contributed by atoms with Gasteiger partial charge in [-0.15, -0.1) is 11.8 Å². The number of thioether (sulfide) groups is 1. The maximum absolute atomic E-state index is 12.6. The topological polar surface area (TPSA) is 32.3 Å². The van der Waals surface area contributed by atoms with Gasteiger partial charge in [-0.05, 0) is 37.6 Å². The van der Waals surface area contributed by atoms with Crippen molar-refractivity contribution in [3.05, 3.63) is 59.7 Å². The quantitative estimate of drug-likeness (QED) is 0.918. The molecule has 0 fully saturated rings. The minimum Gasteiger partial charge on any atom is -0.370 e. The van der Waals surface area contributed by atoms with Crippen molar-refractivity contribution in [2.24, 2.45) is 0 Å². The Balaban J connectivity index is 1.78. The Morgan fingerprint density at radius 3 is 2.78 bits per heavy atom. The van der Waals surface area contributed by atoms with E-state index in [1.165, 1.54) is 10.6 Å². The number of hydrogen-bond donors (Lipinski definition) is 1. The Hall–Kier alpha value is -1.94. The van der Waals surface area contributed by atoms with Crippen LogP contribution in [0.4, 0.5) is 5.69 Å². The molecule has 0 aromatic heterocycles. The first-order valence-electron chi connectivity index (χ1n) is 8.06. The van der Waals surface area contributed by atoms with Crippen molar-refractivity contribution in [1.82, 2.24) is 5.32 Å². The summed E-state index contributed by atoms with van der Waals surface area (Å²) in [6.45, 7) is 6.18. The summed E-state index contributed by atoms with van der Waals surface area (Å²) in [6, 6.07) is 16.1. The number of rotatable bonds is 4. The molecular weight excluding hydrogens is 304 g/mol. The molecule has 0 bridgehead atoms. The van der Waals surface area contributed by atoms with Gasteiger partial charge < -0.3 is 10.2 Å². The van der Waals surface area contributed by atoms with Gasteiger partial charge in [0.1, 0.15) is 0 Å². The zero-order valence-electron chi connectivity index (χ0n) is 13.6. The number of hydrogen-bond acceptors (Lipinski definition) is 3. The lowest BCUT2D eigenvalue weighted by molar-refractivity contribution is 0.0940. The lowest BCUT2D eigenvalue weighted by Gasteiger charge is -2.30. The first-order chi connectivity index (χ1) is 11.2. The van der Waals surface area contributed by atoms with Crippen LogP contribution in [0, 0.1) is 0 Å². The van der Waals surface area contributed by atoms with Gasteiger partial charge in [-0.25, -0.2) is 0 Å². The SMILES string of the molecule is CCN1CCSc2ccc(C(=O)NC(C)c3ccccc3)cc21. The highest BCUT2D eigenvalue weighted by Gasteiger charge is 2.19. The Bertz CT molecular complexity index is 687. The number of benzene rings is 2. The van der Waals surface area contributed by atoms with E-state index in [0.29, 0.717) is 0 Å². The van der Waals surface area contributed by atoms with Crippen molar-refractivity contribution in [2.45, 2.75) is 24.8 Å². The van der Waals surface area contributed by atoms with Gasteiger partial charge in [-0.3, -0.25) is 4.79 Å². The van der Waals surface area contributed by atoms with E-state index < -0.39 is 0 Å². The van der Waals surface area contributed by atoms with Crippen molar-refractivity contribution in [3.63, 3.8) is 0 Å². The normalized spacial score (nSPS) is 15.0. The number of fused-ring (bicyclic) bond motifs is 1. The molecule has 1 amide bonds. The molecule has 0 aliphatic carbocycles. The Kier molecular flexibility index (Phi) is 4.91. The molecule has 0 saturated heterocycles. The predicted octanol–water partition coefficient (Wildman–Crippen LogP) is 4.11. The zero-order chi connectivity index (χ0) is 16.2. The third kappa shape index (κ3) is 3.53. The van der Waals surface area contributed by atoms with Crippen LogP contribution in [0.2, 0.25) is 0 Å². The number of nitrogens with one attached hydrogen (secondary N) is 1. The van der Waals surface area contributed by atoms with E-state index in [4.69, 9.17) is 0 Å². The van der Waals surface area contributed by atoms with Gasteiger partial charge in [0.25, 0.3) is 5.91 Å². The molecule has 1 unspecified atom stereocenters. The standard InChI is InChI=1S/C19H22N2OS/c1-3-21-11-12-23-18-10-9-16(13-17(18)21)19(22)20-14(2)15-7-5-4-6-8-15/h4-10,13-14H,3,11-12H2,1-2H3,(H,20,22). The molecule has 1 heterocycles. The summed E-state index contributed by atoms with van der Waals surface area (Å²) in [5.41, 5.74) is 3.03. The molecule has 1 aliphatic heterocycles. The average Bonchev–Trinajstić information content (AvgIpc) is 2.61. The summed E-state index contributed by atoms with van der Waals surface area (Å²) in [5.74, 6) is 1.09. The van der Waals surface area contributed by atoms with Crippen LogP contribution in [-0.4, -0.2) is 24.7 Å². The molecule has 0 spiro atoms. The highest BCUT2D eigenvalue weighted by Crippen LogP contribution is 2.35. The van der Waals surface area contributed by atoms with Crippen molar-refractivity contribution >= 4 is 23.4 Å². The minimum atomic E-state index is -0.0178. The molecule has 2 aromatic rings. The van der Waals surface area contributed by atoms with E-state index in [-0.39, 0.29) is 11.9 Å². The van der Waals surface area contributed by atoms with E-state index >= 15 is 0 Å². The number of amides is 1. The minimum absolute atomic E-state index is 0.00335. The van der Waals surface area contributed by atoms with Crippen LogP contribution >= 0.6 is 11.8 Å². The van der Waals surface area contributed by atoms with Crippen LogP contribution in [0.3, 0.4) is 0 Å². The number of nitrogens with zero attached hydrogens (tertiary/aromatic N) is 1. The first kappa shape index (κ1) is 15.9. The predicted molar refractivity (Wildman–Crippen MR) is 97.4 cm³/mol. The average molecular weight is 326 g/mol. The number of carbonyl (C=O) groups is 1. The van der Waals surface area contributed by atoms with E-state index in [9.17, 15) is 4.79 Å². The fourth-order valence-electron chi connectivity index (χ4n) is 2.85. The van der Waals surface area contributed by atoms with Crippen LogP contribution < -0.4 is 10.2 Å². The molecule has 4 heteroatoms. The highest BCUT2D eigenvalue weighted by molar-refractivity contribution is 7.99. The molecule has 1 N–H and O–H groups in total. The molecule has 1 atom stereocenters. The maximum atomic E-state index is 12.6. The molecule has 3 rings (SSSR count). The summed E-state index contributed by atoms with van der Waals surface area (Å²) in [4.78, 5) is 16.2. The van der Waals surface area contributed by atoms with Crippen molar-refractivity contribution in [2.75, 3.05) is 23.7 Å². The van der Waals surface area contributed by atoms with Crippen LogP contribution in [0.5, 0.6) is 0 Å². The fraction of sp³-hybridized carbons (Fsp3) is 0.316. The van der Waals surface area contributed by atoms with Gasteiger partial charge in [0.2, 0.25) is 0 Å². The number of carbonyl (C=O) groups excluding carboxylic acids is 1. The molecular formula is C19H22N2OS. The second kappa shape index (κ2) is 7.09. The summed E-state index contributed by atoms with van der Waals surface area (Å²) < 4.78 is 0. The third-order valence-electron chi connectivity index (χ3n) is 4.21. The molecule has 23 heavy (non-hydrogen) atoms. The highest BCUT2D eigenvalue weighted by atomic mass is 32.2. The molecule has 3 nitrogen and oxygen atoms in total. The zero-order valence-corrected chi connectivity index (χ0v) is 14.4. The van der Waals surface area contributed by atoms with Gasteiger partial charge in [0.05, 0.1) is 11.7 Å². The van der Waals surface area contributed by atoms with E-state index in [1.54, 1.807) is 0 Å². The lowest BCUT2D eigenvalue weighted by Crippen LogP contribution is -2.30. The van der Waals surface area contributed by atoms with Gasteiger partial charge in [0.15, 0.2) is 0 Å². The Morgan fingerprint density at radius 2 is 2.04 bits per heavy atom. The molecule has 0 radical (unpaired) electrons. The van der Waals surface area contributed by atoms with Gasteiger partial charge in [-0.2, -0.15) is 0 Å². The largest absolute Gasteiger partial charge is 0.370 e. The van der Waals surface area contributed by atoms with Crippen molar-refractivity contribution < 1.29 is 4.79 Å². The van der Waals surface area contributed by atoms with Gasteiger partial charge in [0, 0.05) is 29.3 Å². The van der Waals surface area contributed by atoms with Crippen molar-refractivity contribution in [3.8, 4) is 0 Å². The monoisotopic (exact) mass is 326 g/mol. The Morgan fingerprint density at radius 1 is 1.26 bits per heavy atom. The summed E-state index contributed by atoms with van der Waals surface area (Å²) in [7, 11) is 0. The third-order valence-corrected chi connectivity index (χ3v) is 5.25. The fourth-order valence-corrected chi connectivity index (χ4v) is 3.88. The van der Waals surface area contributed by atoms with E-state index in [0.717, 1.165) is 30.0 Å². The van der Waals surface area contributed by atoms with Crippen LogP contribution in [0.1, 0.15) is 35.8 Å². The second-order valence-electron chi connectivity index (χ2n) is 5.72. The number of anilines is 1. The molecule has 120 valence electrons. The summed E-state index contributed by atoms with van der Waals surface area (Å²) in [5, 5.41) is 3.09. The van der Waals surface area contributed by atoms with Crippen LogP contribution in [0.15, 0.2) is 53.4 Å². The van der Waals surface area contributed by atoms with Gasteiger partial charge in [-0.1, -0.05) is 30.3 Å². The van der Waals surface area contributed by atoms with E-state index in [1.807, 2.05) is 61.2 Å².